The number of carbonyl (C=O) groups excluding carboxylic acids is 1. The number of rotatable bonds is 4. The second-order valence-corrected chi connectivity index (χ2v) is 3.75. The molecular formula is C13H10N4O3. The third-order valence-electron chi connectivity index (χ3n) is 2.43. The van der Waals surface area contributed by atoms with Gasteiger partial charge >= 0.3 is 0 Å². The highest BCUT2D eigenvalue weighted by molar-refractivity contribution is 5.98. The highest BCUT2D eigenvalue weighted by atomic mass is 16.6. The first kappa shape index (κ1) is 13.3. The first-order valence-corrected chi connectivity index (χ1v) is 5.65. The Morgan fingerprint density at radius 3 is 2.65 bits per heavy atom. The molecule has 0 unspecified atom stereocenters. The number of aromatic nitrogens is 1. The van der Waals surface area contributed by atoms with Gasteiger partial charge in [0, 0.05) is 18.5 Å². The van der Waals surface area contributed by atoms with E-state index in [1.54, 1.807) is 30.6 Å². The summed E-state index contributed by atoms with van der Waals surface area (Å²) in [6.07, 6.45) is 4.60. The highest BCUT2D eigenvalue weighted by Crippen LogP contribution is 2.17. The number of nitro groups is 1. The van der Waals surface area contributed by atoms with Crippen LogP contribution in [0.3, 0.4) is 0 Å². The molecule has 0 fully saturated rings. The van der Waals surface area contributed by atoms with Gasteiger partial charge in [0.05, 0.1) is 11.1 Å². The largest absolute Gasteiger partial charge is 0.282 e. The topological polar surface area (TPSA) is 97.5 Å². The molecule has 7 nitrogen and oxygen atoms in total. The summed E-state index contributed by atoms with van der Waals surface area (Å²) >= 11 is 0. The third kappa shape index (κ3) is 3.22. The number of hydrogen-bond donors (Lipinski definition) is 1. The predicted molar refractivity (Wildman–Crippen MR) is 72.4 cm³/mol. The number of para-hydroxylation sites is 1. The maximum Gasteiger partial charge on any atom is 0.282 e. The van der Waals surface area contributed by atoms with Gasteiger partial charge in [-0.1, -0.05) is 12.1 Å². The Labute approximate surface area is 114 Å². The molecule has 0 bridgehead atoms. The van der Waals surface area contributed by atoms with Gasteiger partial charge in [-0.05, 0) is 23.8 Å². The van der Waals surface area contributed by atoms with Crippen LogP contribution in [0.15, 0.2) is 53.9 Å². The van der Waals surface area contributed by atoms with Crippen molar-refractivity contribution in [1.29, 1.82) is 0 Å². The van der Waals surface area contributed by atoms with E-state index in [2.05, 4.69) is 15.5 Å². The quantitative estimate of drug-likeness (QED) is 0.520. The molecule has 2 aromatic rings. The van der Waals surface area contributed by atoms with E-state index in [1.165, 1.54) is 24.4 Å². The number of nitrogens with zero attached hydrogens (tertiary/aromatic N) is 3. The molecule has 2 rings (SSSR count). The molecule has 0 aliphatic carbocycles. The van der Waals surface area contributed by atoms with Gasteiger partial charge in [-0.3, -0.25) is 19.9 Å². The smallest absolute Gasteiger partial charge is 0.267 e. The van der Waals surface area contributed by atoms with E-state index < -0.39 is 10.8 Å². The number of carbonyl (C=O) groups is 1. The number of amides is 1. The second-order valence-electron chi connectivity index (χ2n) is 3.75. The van der Waals surface area contributed by atoms with E-state index in [0.29, 0.717) is 0 Å². The van der Waals surface area contributed by atoms with Gasteiger partial charge in [-0.15, -0.1) is 0 Å². The van der Waals surface area contributed by atoms with Crippen molar-refractivity contribution >= 4 is 17.8 Å². The molecular weight excluding hydrogens is 260 g/mol. The standard InChI is InChI=1S/C13H10N4O3/c18-13(11-3-1-2-4-12(11)17(19)20)16-15-9-10-5-7-14-8-6-10/h1-9H,(H,16,18)/b15-9-. The van der Waals surface area contributed by atoms with Gasteiger partial charge in [-0.2, -0.15) is 5.10 Å². The van der Waals surface area contributed by atoms with Gasteiger partial charge in [0.25, 0.3) is 11.6 Å². The highest BCUT2D eigenvalue weighted by Gasteiger charge is 2.18. The SMILES string of the molecule is O=C(N/N=C\c1ccncc1)c1ccccc1[N+](=O)[O-]. The minimum Gasteiger partial charge on any atom is -0.267 e. The van der Waals surface area contributed by atoms with Crippen molar-refractivity contribution in [3.8, 4) is 0 Å². The van der Waals surface area contributed by atoms with Gasteiger partial charge in [0.1, 0.15) is 5.56 Å². The van der Waals surface area contributed by atoms with Crippen molar-refractivity contribution in [2.24, 2.45) is 5.10 Å². The van der Waals surface area contributed by atoms with E-state index in [4.69, 9.17) is 0 Å². The zero-order valence-electron chi connectivity index (χ0n) is 10.3. The second kappa shape index (κ2) is 6.19. The number of pyridine rings is 1. The lowest BCUT2D eigenvalue weighted by Crippen LogP contribution is -2.18. The van der Waals surface area contributed by atoms with Gasteiger partial charge in [0.15, 0.2) is 0 Å². The maximum absolute atomic E-state index is 11.8. The molecule has 0 aliphatic heterocycles. The Balaban J connectivity index is 2.10. The minimum absolute atomic E-state index is 0.0376. The van der Waals surface area contributed by atoms with Crippen LogP contribution >= 0.6 is 0 Å². The molecule has 0 atom stereocenters. The van der Waals surface area contributed by atoms with Crippen molar-refractivity contribution in [2.75, 3.05) is 0 Å². The molecule has 0 spiro atoms. The van der Waals surface area contributed by atoms with Crippen LogP contribution in [0, 0.1) is 10.1 Å². The predicted octanol–water partition coefficient (Wildman–Crippen LogP) is 1.75. The van der Waals surface area contributed by atoms with Crippen molar-refractivity contribution in [3.63, 3.8) is 0 Å². The fourth-order valence-corrected chi connectivity index (χ4v) is 1.50. The fraction of sp³-hybridized carbons (Fsp3) is 0. The number of hydrogen-bond acceptors (Lipinski definition) is 5. The summed E-state index contributed by atoms with van der Waals surface area (Å²) in [5.41, 5.74) is 2.70. The Morgan fingerprint density at radius 1 is 1.25 bits per heavy atom. The zero-order chi connectivity index (χ0) is 14.4. The zero-order valence-corrected chi connectivity index (χ0v) is 10.3. The Morgan fingerprint density at radius 2 is 1.95 bits per heavy atom. The van der Waals surface area contributed by atoms with Crippen LogP contribution in [0.2, 0.25) is 0 Å². The third-order valence-corrected chi connectivity index (χ3v) is 2.43. The summed E-state index contributed by atoms with van der Waals surface area (Å²) < 4.78 is 0. The van der Waals surface area contributed by atoms with Gasteiger partial charge in [0.2, 0.25) is 0 Å². The summed E-state index contributed by atoms with van der Waals surface area (Å²) in [7, 11) is 0. The molecule has 1 amide bonds. The van der Waals surface area contributed by atoms with Crippen LogP contribution < -0.4 is 5.43 Å². The summed E-state index contributed by atoms with van der Waals surface area (Å²) in [6.45, 7) is 0. The van der Waals surface area contributed by atoms with Crippen molar-refractivity contribution in [2.45, 2.75) is 0 Å². The van der Waals surface area contributed by atoms with Crippen LogP contribution in [-0.2, 0) is 0 Å². The molecule has 0 radical (unpaired) electrons. The summed E-state index contributed by atoms with van der Waals surface area (Å²) in [5.74, 6) is -0.636. The van der Waals surface area contributed by atoms with Crippen LogP contribution in [-0.4, -0.2) is 22.0 Å². The molecule has 1 N–H and O–H groups in total. The molecule has 1 aromatic heterocycles. The molecule has 0 aliphatic rings. The summed E-state index contributed by atoms with van der Waals surface area (Å²) in [5, 5.41) is 14.5. The van der Waals surface area contributed by atoms with E-state index in [-0.39, 0.29) is 11.3 Å². The van der Waals surface area contributed by atoms with Crippen LogP contribution in [0.5, 0.6) is 0 Å². The maximum atomic E-state index is 11.8. The molecule has 1 aromatic carbocycles. The van der Waals surface area contributed by atoms with E-state index in [0.717, 1.165) is 5.56 Å². The monoisotopic (exact) mass is 270 g/mol. The van der Waals surface area contributed by atoms with Gasteiger partial charge < -0.3 is 0 Å². The molecule has 1 heterocycles. The molecule has 20 heavy (non-hydrogen) atoms. The van der Waals surface area contributed by atoms with E-state index in [9.17, 15) is 14.9 Å². The number of hydrazone groups is 1. The van der Waals surface area contributed by atoms with Crippen molar-refractivity contribution in [3.05, 3.63) is 70.0 Å². The Kier molecular flexibility index (Phi) is 4.13. The average Bonchev–Trinajstić information content (AvgIpc) is 2.48. The number of benzene rings is 1. The summed E-state index contributed by atoms with van der Waals surface area (Å²) in [6, 6.07) is 9.10. The molecule has 0 saturated carbocycles. The Bertz CT molecular complexity index is 656. The molecule has 0 saturated heterocycles. The number of nitrogens with one attached hydrogen (secondary N) is 1. The lowest BCUT2D eigenvalue weighted by Gasteiger charge is -2.00. The Hall–Kier alpha value is -3.09. The normalized spacial score (nSPS) is 10.4. The van der Waals surface area contributed by atoms with Crippen molar-refractivity contribution in [1.82, 2.24) is 10.4 Å². The van der Waals surface area contributed by atoms with Gasteiger partial charge in [-0.25, -0.2) is 5.43 Å². The van der Waals surface area contributed by atoms with Crippen LogP contribution in [0.4, 0.5) is 5.69 Å². The van der Waals surface area contributed by atoms with Crippen LogP contribution in [0.1, 0.15) is 15.9 Å². The van der Waals surface area contributed by atoms with E-state index >= 15 is 0 Å². The molecule has 100 valence electrons. The molecule has 7 heteroatoms. The summed E-state index contributed by atoms with van der Waals surface area (Å²) in [4.78, 5) is 25.9. The lowest BCUT2D eigenvalue weighted by molar-refractivity contribution is -0.385. The van der Waals surface area contributed by atoms with E-state index in [1.807, 2.05) is 0 Å². The van der Waals surface area contributed by atoms with Crippen LogP contribution in [0.25, 0.3) is 0 Å². The minimum atomic E-state index is -0.636. The number of nitro benzene ring substituents is 1. The van der Waals surface area contributed by atoms with Crippen molar-refractivity contribution < 1.29 is 9.72 Å². The first-order valence-electron chi connectivity index (χ1n) is 5.65. The lowest BCUT2D eigenvalue weighted by atomic mass is 10.2. The average molecular weight is 270 g/mol. The fourth-order valence-electron chi connectivity index (χ4n) is 1.50. The first-order chi connectivity index (χ1) is 9.68.